The van der Waals surface area contributed by atoms with Crippen molar-refractivity contribution in [1.29, 1.82) is 0 Å². The molecule has 2 aromatic heterocycles. The van der Waals surface area contributed by atoms with Crippen LogP contribution in [0.25, 0.3) is 0 Å². The number of anilines is 1. The first-order valence-electron chi connectivity index (χ1n) is 3.90. The fourth-order valence-electron chi connectivity index (χ4n) is 0.953. The lowest BCUT2D eigenvalue weighted by molar-refractivity contribution is 0.804. The van der Waals surface area contributed by atoms with Gasteiger partial charge < -0.3 is 5.32 Å². The number of thiazole rings is 1. The van der Waals surface area contributed by atoms with Gasteiger partial charge in [-0.25, -0.2) is 4.98 Å². The SMILES string of the molecule is SC[C@H](Nc1nccs1)c1nn[nH]n1. The van der Waals surface area contributed by atoms with Crippen molar-refractivity contribution < 1.29 is 0 Å². The summed E-state index contributed by atoms with van der Waals surface area (Å²) in [4.78, 5) is 4.10. The van der Waals surface area contributed by atoms with Gasteiger partial charge in [0.1, 0.15) is 6.04 Å². The number of hydrogen-bond acceptors (Lipinski definition) is 7. The maximum absolute atomic E-state index is 4.21. The van der Waals surface area contributed by atoms with Crippen LogP contribution >= 0.6 is 24.0 Å². The summed E-state index contributed by atoms with van der Waals surface area (Å²) in [6, 6.07) is -0.0665. The smallest absolute Gasteiger partial charge is 0.197 e. The van der Waals surface area contributed by atoms with E-state index in [0.717, 1.165) is 5.13 Å². The molecule has 1 atom stereocenters. The first-order chi connectivity index (χ1) is 6.90. The highest BCUT2D eigenvalue weighted by atomic mass is 32.1. The fourth-order valence-corrected chi connectivity index (χ4v) is 1.79. The fraction of sp³-hybridized carbons (Fsp3) is 0.333. The zero-order valence-corrected chi connectivity index (χ0v) is 8.79. The molecule has 6 nitrogen and oxygen atoms in total. The molecule has 0 saturated carbocycles. The van der Waals surface area contributed by atoms with E-state index in [-0.39, 0.29) is 6.04 Å². The molecule has 0 fully saturated rings. The Morgan fingerprint density at radius 2 is 2.57 bits per heavy atom. The number of aromatic amines is 1. The first-order valence-corrected chi connectivity index (χ1v) is 5.41. The zero-order chi connectivity index (χ0) is 9.80. The van der Waals surface area contributed by atoms with Crippen LogP contribution in [-0.2, 0) is 0 Å². The molecular weight excluding hydrogens is 220 g/mol. The summed E-state index contributed by atoms with van der Waals surface area (Å²) in [7, 11) is 0. The molecule has 14 heavy (non-hydrogen) atoms. The van der Waals surface area contributed by atoms with Crippen molar-refractivity contribution in [1.82, 2.24) is 25.6 Å². The quantitative estimate of drug-likeness (QED) is 0.673. The van der Waals surface area contributed by atoms with E-state index in [2.05, 4.69) is 43.6 Å². The molecule has 74 valence electrons. The normalized spacial score (nSPS) is 12.6. The van der Waals surface area contributed by atoms with Crippen molar-refractivity contribution in [2.24, 2.45) is 0 Å². The zero-order valence-electron chi connectivity index (χ0n) is 7.08. The maximum Gasteiger partial charge on any atom is 0.197 e. The van der Waals surface area contributed by atoms with Gasteiger partial charge in [-0.15, -0.1) is 21.5 Å². The van der Waals surface area contributed by atoms with E-state index in [1.54, 1.807) is 6.20 Å². The van der Waals surface area contributed by atoms with Crippen molar-refractivity contribution in [3.05, 3.63) is 17.4 Å². The van der Waals surface area contributed by atoms with E-state index in [1.807, 2.05) is 5.38 Å². The Morgan fingerprint density at radius 1 is 1.64 bits per heavy atom. The van der Waals surface area contributed by atoms with Gasteiger partial charge in [-0.2, -0.15) is 17.8 Å². The second-order valence-electron chi connectivity index (χ2n) is 2.49. The summed E-state index contributed by atoms with van der Waals surface area (Å²) < 4.78 is 0. The third kappa shape index (κ3) is 2.02. The Kier molecular flexibility index (Phi) is 2.94. The van der Waals surface area contributed by atoms with Crippen LogP contribution in [0.2, 0.25) is 0 Å². The molecule has 0 radical (unpaired) electrons. The number of hydrogen-bond donors (Lipinski definition) is 3. The topological polar surface area (TPSA) is 79.4 Å². The molecule has 0 amide bonds. The Balaban J connectivity index is 2.08. The van der Waals surface area contributed by atoms with Crippen LogP contribution in [-0.4, -0.2) is 31.4 Å². The van der Waals surface area contributed by atoms with Crippen molar-refractivity contribution in [3.63, 3.8) is 0 Å². The highest BCUT2D eigenvalue weighted by Crippen LogP contribution is 2.18. The number of thiol groups is 1. The second-order valence-corrected chi connectivity index (χ2v) is 3.75. The van der Waals surface area contributed by atoms with Crippen LogP contribution in [0.15, 0.2) is 11.6 Å². The lowest BCUT2D eigenvalue weighted by Gasteiger charge is -2.10. The van der Waals surface area contributed by atoms with Crippen molar-refractivity contribution in [2.45, 2.75) is 6.04 Å². The highest BCUT2D eigenvalue weighted by molar-refractivity contribution is 7.80. The second kappa shape index (κ2) is 4.38. The minimum absolute atomic E-state index is 0.0665. The molecule has 0 aliphatic rings. The minimum Gasteiger partial charge on any atom is -0.351 e. The third-order valence-electron chi connectivity index (χ3n) is 1.59. The molecule has 0 aliphatic heterocycles. The minimum atomic E-state index is -0.0665. The van der Waals surface area contributed by atoms with Gasteiger partial charge in [-0.05, 0) is 0 Å². The molecule has 0 unspecified atom stereocenters. The molecule has 2 aromatic rings. The molecule has 0 spiro atoms. The third-order valence-corrected chi connectivity index (χ3v) is 2.66. The van der Waals surface area contributed by atoms with Crippen molar-refractivity contribution >= 4 is 29.1 Å². The predicted octanol–water partition coefficient (Wildman–Crippen LogP) is 0.739. The Morgan fingerprint density at radius 3 is 3.14 bits per heavy atom. The number of tetrazole rings is 1. The van der Waals surface area contributed by atoms with Crippen LogP contribution < -0.4 is 5.32 Å². The predicted molar refractivity (Wildman–Crippen MR) is 56.5 cm³/mol. The van der Waals surface area contributed by atoms with Gasteiger partial charge in [0.25, 0.3) is 0 Å². The number of aromatic nitrogens is 5. The van der Waals surface area contributed by atoms with Gasteiger partial charge in [-0.3, -0.25) is 0 Å². The summed E-state index contributed by atoms with van der Waals surface area (Å²) in [5, 5.41) is 19.5. The molecule has 0 bridgehead atoms. The summed E-state index contributed by atoms with van der Waals surface area (Å²) in [5.74, 6) is 1.18. The van der Waals surface area contributed by atoms with Gasteiger partial charge in [0.05, 0.1) is 0 Å². The maximum atomic E-state index is 4.21. The standard InChI is InChI=1S/C6H8N6S2/c13-3-4(5-9-11-12-10-5)8-6-7-1-2-14-6/h1-2,4,13H,3H2,(H,7,8)(H,9,10,11,12)/t4-/m0/s1. The summed E-state index contributed by atoms with van der Waals surface area (Å²) in [5.41, 5.74) is 0. The van der Waals surface area contributed by atoms with E-state index in [4.69, 9.17) is 0 Å². The molecule has 2 heterocycles. The van der Waals surface area contributed by atoms with E-state index < -0.39 is 0 Å². The molecule has 8 heteroatoms. The van der Waals surface area contributed by atoms with Crippen LogP contribution in [0.3, 0.4) is 0 Å². The molecule has 0 aliphatic carbocycles. The van der Waals surface area contributed by atoms with Gasteiger partial charge >= 0.3 is 0 Å². The Bertz CT molecular complexity index is 358. The summed E-state index contributed by atoms with van der Waals surface area (Å²) >= 11 is 5.73. The lowest BCUT2D eigenvalue weighted by atomic mass is 10.3. The number of rotatable bonds is 4. The van der Waals surface area contributed by atoms with Crippen LogP contribution in [0.1, 0.15) is 11.9 Å². The Hall–Kier alpha value is -1.15. The van der Waals surface area contributed by atoms with Crippen LogP contribution in [0.4, 0.5) is 5.13 Å². The van der Waals surface area contributed by atoms with E-state index in [1.165, 1.54) is 11.3 Å². The van der Waals surface area contributed by atoms with Gasteiger partial charge in [0.15, 0.2) is 11.0 Å². The highest BCUT2D eigenvalue weighted by Gasteiger charge is 2.14. The monoisotopic (exact) mass is 228 g/mol. The number of nitrogens with one attached hydrogen (secondary N) is 2. The Labute approximate surface area is 89.6 Å². The van der Waals surface area contributed by atoms with Gasteiger partial charge in [0.2, 0.25) is 0 Å². The lowest BCUT2D eigenvalue weighted by Crippen LogP contribution is -2.13. The van der Waals surface area contributed by atoms with E-state index >= 15 is 0 Å². The largest absolute Gasteiger partial charge is 0.351 e. The molecule has 2 rings (SSSR count). The van der Waals surface area contributed by atoms with Crippen molar-refractivity contribution in [3.8, 4) is 0 Å². The molecule has 0 aromatic carbocycles. The molecular formula is C6H8N6S2. The van der Waals surface area contributed by atoms with Crippen LogP contribution in [0.5, 0.6) is 0 Å². The average Bonchev–Trinajstić information content (AvgIpc) is 2.86. The first kappa shape index (κ1) is 9.41. The van der Waals surface area contributed by atoms with E-state index in [9.17, 15) is 0 Å². The molecule has 0 saturated heterocycles. The van der Waals surface area contributed by atoms with Gasteiger partial charge in [0, 0.05) is 17.3 Å². The molecule has 2 N–H and O–H groups in total. The van der Waals surface area contributed by atoms with Gasteiger partial charge in [-0.1, -0.05) is 5.21 Å². The van der Waals surface area contributed by atoms with Crippen molar-refractivity contribution in [2.75, 3.05) is 11.1 Å². The summed E-state index contributed by atoms with van der Waals surface area (Å²) in [6.45, 7) is 0. The van der Waals surface area contributed by atoms with Crippen LogP contribution in [0, 0.1) is 0 Å². The number of H-pyrrole nitrogens is 1. The number of nitrogens with zero attached hydrogens (tertiary/aromatic N) is 4. The average molecular weight is 228 g/mol. The van der Waals surface area contributed by atoms with E-state index in [0.29, 0.717) is 11.6 Å². The summed E-state index contributed by atoms with van der Waals surface area (Å²) in [6.07, 6.45) is 1.73.